The summed E-state index contributed by atoms with van der Waals surface area (Å²) in [5, 5.41) is 5.71. The first-order chi connectivity index (χ1) is 12.1. The molecule has 1 N–H and O–H groups in total. The minimum absolute atomic E-state index is 0.289. The van der Waals surface area contributed by atoms with E-state index in [4.69, 9.17) is 4.52 Å². The van der Waals surface area contributed by atoms with Gasteiger partial charge in [-0.1, -0.05) is 42.4 Å². The second-order valence-electron chi connectivity index (χ2n) is 5.68. The van der Waals surface area contributed by atoms with Crippen molar-refractivity contribution in [3.63, 3.8) is 0 Å². The van der Waals surface area contributed by atoms with Crippen molar-refractivity contribution in [1.29, 1.82) is 0 Å². The second kappa shape index (κ2) is 7.95. The molecule has 2 aromatic heterocycles. The summed E-state index contributed by atoms with van der Waals surface area (Å²) in [6.07, 6.45) is 2.38. The quantitative estimate of drug-likeness (QED) is 0.606. The monoisotopic (exact) mass is 376 g/mol. The molecule has 3 aromatic rings. The van der Waals surface area contributed by atoms with Crippen LogP contribution in [-0.2, 0) is 22.9 Å². The standard InChI is InChI=1S/C18H20N2O3S2/c1-2-16-12-17(23-20-16)15-11-18(24-13-15)25(21,22)19-10-6-9-14-7-4-3-5-8-14/h3-5,7-8,11-13,19H,2,6,9-10H2,1H3. The summed E-state index contributed by atoms with van der Waals surface area (Å²) in [7, 11) is -3.49. The number of aromatic nitrogens is 1. The number of benzene rings is 1. The van der Waals surface area contributed by atoms with Crippen LogP contribution >= 0.6 is 11.3 Å². The SMILES string of the molecule is CCc1cc(-c2csc(S(=O)(=O)NCCCc3ccccc3)c2)on1. The Bertz CT molecular complexity index is 915. The highest BCUT2D eigenvalue weighted by atomic mass is 32.2. The van der Waals surface area contributed by atoms with E-state index in [1.807, 2.05) is 43.3 Å². The molecule has 0 atom stereocenters. The first kappa shape index (κ1) is 17.8. The van der Waals surface area contributed by atoms with Crippen LogP contribution in [0.5, 0.6) is 0 Å². The van der Waals surface area contributed by atoms with E-state index in [1.165, 1.54) is 16.9 Å². The maximum Gasteiger partial charge on any atom is 0.250 e. The Labute approximate surface area is 151 Å². The number of hydrogen-bond donors (Lipinski definition) is 1. The molecule has 0 spiro atoms. The summed E-state index contributed by atoms with van der Waals surface area (Å²) in [4.78, 5) is 0. The highest BCUT2D eigenvalue weighted by Gasteiger charge is 2.18. The molecule has 7 heteroatoms. The highest BCUT2D eigenvalue weighted by Crippen LogP contribution is 2.29. The average Bonchev–Trinajstić information content (AvgIpc) is 3.28. The molecule has 0 amide bonds. The Balaban J connectivity index is 1.58. The third-order valence-corrected chi connectivity index (χ3v) is 6.72. The maximum absolute atomic E-state index is 12.4. The summed E-state index contributed by atoms with van der Waals surface area (Å²) in [5.41, 5.74) is 2.80. The van der Waals surface area contributed by atoms with Crippen LogP contribution in [0.1, 0.15) is 24.6 Å². The van der Waals surface area contributed by atoms with Gasteiger partial charge in [-0.2, -0.15) is 0 Å². The molecular weight excluding hydrogens is 356 g/mol. The van der Waals surface area contributed by atoms with Crippen molar-refractivity contribution in [1.82, 2.24) is 9.88 Å². The van der Waals surface area contributed by atoms with Crippen LogP contribution in [0.15, 0.2) is 56.6 Å². The largest absolute Gasteiger partial charge is 0.356 e. The zero-order valence-corrected chi connectivity index (χ0v) is 15.6. The van der Waals surface area contributed by atoms with Crippen molar-refractivity contribution in [3.8, 4) is 11.3 Å². The molecule has 0 aliphatic rings. The van der Waals surface area contributed by atoms with E-state index < -0.39 is 10.0 Å². The lowest BCUT2D eigenvalue weighted by Crippen LogP contribution is -2.24. The van der Waals surface area contributed by atoms with Gasteiger partial charge in [0.05, 0.1) is 5.69 Å². The summed E-state index contributed by atoms with van der Waals surface area (Å²) < 4.78 is 33.0. The Morgan fingerprint density at radius 3 is 2.72 bits per heavy atom. The van der Waals surface area contributed by atoms with Gasteiger partial charge < -0.3 is 4.52 Å². The van der Waals surface area contributed by atoms with Gasteiger partial charge in [0.1, 0.15) is 4.21 Å². The molecule has 0 saturated carbocycles. The lowest BCUT2D eigenvalue weighted by molar-refractivity contribution is 0.424. The molecule has 0 bridgehead atoms. The van der Waals surface area contributed by atoms with Gasteiger partial charge in [0.15, 0.2) is 5.76 Å². The summed E-state index contributed by atoms with van der Waals surface area (Å²) in [6, 6.07) is 13.5. The van der Waals surface area contributed by atoms with Crippen molar-refractivity contribution in [2.24, 2.45) is 0 Å². The van der Waals surface area contributed by atoms with Gasteiger partial charge in [0.25, 0.3) is 0 Å². The molecule has 1 aromatic carbocycles. The van der Waals surface area contributed by atoms with Gasteiger partial charge in [0, 0.05) is 23.6 Å². The lowest BCUT2D eigenvalue weighted by Gasteiger charge is -2.04. The van der Waals surface area contributed by atoms with Crippen molar-refractivity contribution >= 4 is 21.4 Å². The van der Waals surface area contributed by atoms with E-state index in [2.05, 4.69) is 9.88 Å². The van der Waals surface area contributed by atoms with E-state index in [9.17, 15) is 8.42 Å². The molecule has 0 saturated heterocycles. The third kappa shape index (κ3) is 4.56. The van der Waals surface area contributed by atoms with Crippen LogP contribution in [0.4, 0.5) is 0 Å². The Hall–Kier alpha value is -1.96. The third-order valence-electron chi connectivity index (χ3n) is 3.82. The fourth-order valence-electron chi connectivity index (χ4n) is 2.42. The molecule has 5 nitrogen and oxygen atoms in total. The minimum atomic E-state index is -3.49. The van der Waals surface area contributed by atoms with Crippen LogP contribution in [0.3, 0.4) is 0 Å². The normalized spacial score (nSPS) is 11.7. The molecule has 0 aliphatic carbocycles. The van der Waals surface area contributed by atoms with E-state index in [0.717, 1.165) is 30.5 Å². The van der Waals surface area contributed by atoms with Crippen LogP contribution in [0.25, 0.3) is 11.3 Å². The van der Waals surface area contributed by atoms with E-state index in [0.29, 0.717) is 12.3 Å². The maximum atomic E-state index is 12.4. The number of sulfonamides is 1. The molecule has 0 radical (unpaired) electrons. The lowest BCUT2D eigenvalue weighted by atomic mass is 10.1. The summed E-state index contributed by atoms with van der Waals surface area (Å²) in [6.45, 7) is 2.40. The Kier molecular flexibility index (Phi) is 5.67. The first-order valence-electron chi connectivity index (χ1n) is 8.16. The van der Waals surface area contributed by atoms with Gasteiger partial charge >= 0.3 is 0 Å². The predicted octanol–water partition coefficient (Wildman–Crippen LogP) is 3.88. The van der Waals surface area contributed by atoms with Gasteiger partial charge in [-0.05, 0) is 30.9 Å². The van der Waals surface area contributed by atoms with Crippen molar-refractivity contribution in [3.05, 3.63) is 59.1 Å². The Morgan fingerprint density at radius 2 is 2.00 bits per heavy atom. The summed E-state index contributed by atoms with van der Waals surface area (Å²) >= 11 is 1.18. The number of thiophene rings is 1. The van der Waals surface area contributed by atoms with Crippen molar-refractivity contribution in [2.75, 3.05) is 6.54 Å². The molecule has 132 valence electrons. The van der Waals surface area contributed by atoms with Crippen LogP contribution in [0.2, 0.25) is 0 Å². The number of nitrogens with one attached hydrogen (secondary N) is 1. The van der Waals surface area contributed by atoms with E-state index in [-0.39, 0.29) is 4.21 Å². The molecule has 0 aliphatic heterocycles. The summed E-state index contributed by atoms with van der Waals surface area (Å²) in [5.74, 6) is 0.596. The van der Waals surface area contributed by atoms with E-state index in [1.54, 1.807) is 11.4 Å². The fourth-order valence-corrected chi connectivity index (χ4v) is 4.70. The Morgan fingerprint density at radius 1 is 1.20 bits per heavy atom. The van der Waals surface area contributed by atoms with Gasteiger partial charge in [0.2, 0.25) is 10.0 Å². The smallest absolute Gasteiger partial charge is 0.250 e. The molecular formula is C18H20N2O3S2. The number of nitrogens with zero attached hydrogens (tertiary/aromatic N) is 1. The molecule has 3 rings (SSSR count). The fraction of sp³-hybridized carbons (Fsp3) is 0.278. The van der Waals surface area contributed by atoms with E-state index >= 15 is 0 Å². The molecule has 25 heavy (non-hydrogen) atoms. The number of rotatable bonds is 8. The molecule has 0 unspecified atom stereocenters. The predicted molar refractivity (Wildman–Crippen MR) is 99.1 cm³/mol. The van der Waals surface area contributed by atoms with Gasteiger partial charge in [-0.3, -0.25) is 0 Å². The topological polar surface area (TPSA) is 72.2 Å². The van der Waals surface area contributed by atoms with Gasteiger partial charge in [-0.25, -0.2) is 13.1 Å². The van der Waals surface area contributed by atoms with Crippen LogP contribution in [0, 0.1) is 0 Å². The minimum Gasteiger partial charge on any atom is -0.356 e. The molecule has 0 fully saturated rings. The van der Waals surface area contributed by atoms with Crippen LogP contribution in [-0.4, -0.2) is 20.1 Å². The first-order valence-corrected chi connectivity index (χ1v) is 10.5. The van der Waals surface area contributed by atoms with Gasteiger partial charge in [-0.15, -0.1) is 11.3 Å². The van der Waals surface area contributed by atoms with Crippen molar-refractivity contribution < 1.29 is 12.9 Å². The van der Waals surface area contributed by atoms with Crippen LogP contribution < -0.4 is 4.72 Å². The second-order valence-corrected chi connectivity index (χ2v) is 8.58. The zero-order valence-electron chi connectivity index (χ0n) is 13.9. The highest BCUT2D eigenvalue weighted by molar-refractivity contribution is 7.91. The zero-order chi connectivity index (χ0) is 17.7. The molecule has 2 heterocycles. The average molecular weight is 377 g/mol. The number of hydrogen-bond acceptors (Lipinski definition) is 5. The number of aryl methyl sites for hydroxylation is 2. The van der Waals surface area contributed by atoms with Crippen molar-refractivity contribution in [2.45, 2.75) is 30.4 Å².